The molecule has 0 aliphatic rings. The van der Waals surface area contributed by atoms with Gasteiger partial charge in [-0.15, -0.1) is 0 Å². The van der Waals surface area contributed by atoms with Gasteiger partial charge >= 0.3 is 0 Å². The standard InChI is InChI=1S/C17H17N3O3S/c1-13-6-8-15(9-7-13)24(22,23)20-10-4-5-16(20)17(21)14(11-18)12-19(2)3/h4-10,12H,1-3H3/b14-12+. The zero-order chi connectivity index (χ0) is 17.9. The van der Waals surface area contributed by atoms with Gasteiger partial charge in [-0.3, -0.25) is 4.79 Å². The lowest BCUT2D eigenvalue weighted by Crippen LogP contribution is -2.19. The zero-order valence-electron chi connectivity index (χ0n) is 13.6. The molecule has 0 amide bonds. The van der Waals surface area contributed by atoms with Crippen molar-refractivity contribution in [1.82, 2.24) is 8.87 Å². The Labute approximate surface area is 141 Å². The number of carbonyl (C=O) groups excluding carboxylic acids is 1. The van der Waals surface area contributed by atoms with Crippen LogP contribution in [0.2, 0.25) is 0 Å². The third kappa shape index (κ3) is 3.39. The Bertz CT molecular complexity index is 930. The highest BCUT2D eigenvalue weighted by Gasteiger charge is 2.24. The van der Waals surface area contributed by atoms with Crippen molar-refractivity contribution >= 4 is 15.8 Å². The van der Waals surface area contributed by atoms with Gasteiger partial charge in [0, 0.05) is 26.5 Å². The second kappa shape index (κ2) is 6.72. The molecule has 0 aliphatic carbocycles. The van der Waals surface area contributed by atoms with Gasteiger partial charge in [-0.1, -0.05) is 17.7 Å². The Morgan fingerprint density at radius 1 is 1.21 bits per heavy atom. The first-order chi connectivity index (χ1) is 11.3. The number of carbonyl (C=O) groups is 1. The van der Waals surface area contributed by atoms with Gasteiger partial charge in [0.05, 0.1) is 4.90 Å². The molecule has 0 bridgehead atoms. The van der Waals surface area contributed by atoms with Gasteiger partial charge in [0.15, 0.2) is 0 Å². The van der Waals surface area contributed by atoms with Gasteiger partial charge in [0.2, 0.25) is 5.78 Å². The Morgan fingerprint density at radius 2 is 1.83 bits per heavy atom. The van der Waals surface area contributed by atoms with Crippen molar-refractivity contribution in [1.29, 1.82) is 5.26 Å². The molecule has 1 aromatic heterocycles. The molecule has 0 radical (unpaired) electrons. The van der Waals surface area contributed by atoms with Gasteiger partial charge in [-0.2, -0.15) is 5.26 Å². The van der Waals surface area contributed by atoms with E-state index in [4.69, 9.17) is 5.26 Å². The molecule has 7 heteroatoms. The van der Waals surface area contributed by atoms with Crippen LogP contribution >= 0.6 is 0 Å². The molecule has 0 atom stereocenters. The van der Waals surface area contributed by atoms with Crippen LogP contribution in [0.15, 0.2) is 59.3 Å². The number of nitriles is 1. The van der Waals surface area contributed by atoms with Crippen molar-refractivity contribution in [3.05, 3.63) is 65.6 Å². The molecule has 0 unspecified atom stereocenters. The first-order valence-corrected chi connectivity index (χ1v) is 8.54. The summed E-state index contributed by atoms with van der Waals surface area (Å²) in [5.41, 5.74) is 0.711. The average Bonchev–Trinajstić information content (AvgIpc) is 3.02. The van der Waals surface area contributed by atoms with Gasteiger partial charge in [-0.05, 0) is 31.2 Å². The highest BCUT2D eigenvalue weighted by molar-refractivity contribution is 7.90. The number of hydrogen-bond acceptors (Lipinski definition) is 5. The van der Waals surface area contributed by atoms with Crippen molar-refractivity contribution < 1.29 is 13.2 Å². The Morgan fingerprint density at radius 3 is 2.38 bits per heavy atom. The molecule has 0 aliphatic heterocycles. The largest absolute Gasteiger partial charge is 0.382 e. The van der Waals surface area contributed by atoms with Gasteiger partial charge in [0.25, 0.3) is 10.0 Å². The molecule has 6 nitrogen and oxygen atoms in total. The van der Waals surface area contributed by atoms with E-state index in [-0.39, 0.29) is 16.2 Å². The molecule has 0 saturated carbocycles. The first kappa shape index (κ1) is 17.5. The van der Waals surface area contributed by atoms with E-state index in [1.165, 1.54) is 36.7 Å². The molecule has 124 valence electrons. The lowest BCUT2D eigenvalue weighted by atomic mass is 10.1. The smallest absolute Gasteiger partial charge is 0.268 e. The Kier molecular flexibility index (Phi) is 4.90. The normalized spacial score (nSPS) is 11.8. The van der Waals surface area contributed by atoms with Crippen LogP contribution in [0.25, 0.3) is 0 Å². The summed E-state index contributed by atoms with van der Waals surface area (Å²) in [6, 6.07) is 11.0. The number of hydrogen-bond donors (Lipinski definition) is 0. The number of ketones is 1. The molecule has 1 aromatic carbocycles. The number of aromatic nitrogens is 1. The minimum Gasteiger partial charge on any atom is -0.382 e. The summed E-state index contributed by atoms with van der Waals surface area (Å²) in [4.78, 5) is 14.2. The predicted octanol–water partition coefficient (Wildman–Crippen LogP) is 2.19. The van der Waals surface area contributed by atoms with Crippen molar-refractivity contribution in [3.63, 3.8) is 0 Å². The Balaban J connectivity index is 2.53. The summed E-state index contributed by atoms with van der Waals surface area (Å²) in [5, 5.41) is 9.16. The number of nitrogens with zero attached hydrogens (tertiary/aromatic N) is 3. The van der Waals surface area contributed by atoms with E-state index >= 15 is 0 Å². The van der Waals surface area contributed by atoms with E-state index < -0.39 is 15.8 Å². The molecule has 1 heterocycles. The van der Waals surface area contributed by atoms with Crippen molar-refractivity contribution in [2.24, 2.45) is 0 Å². The maximum Gasteiger partial charge on any atom is 0.268 e. The maximum absolute atomic E-state index is 12.8. The van der Waals surface area contributed by atoms with Crippen LogP contribution in [0.3, 0.4) is 0 Å². The minimum atomic E-state index is -3.91. The second-order valence-corrected chi connectivity index (χ2v) is 7.27. The summed E-state index contributed by atoms with van der Waals surface area (Å²) >= 11 is 0. The first-order valence-electron chi connectivity index (χ1n) is 7.10. The Hall–Kier alpha value is -2.85. The van der Waals surface area contributed by atoms with Gasteiger partial charge < -0.3 is 4.90 Å². The zero-order valence-corrected chi connectivity index (χ0v) is 14.4. The van der Waals surface area contributed by atoms with Gasteiger partial charge in [0.1, 0.15) is 17.3 Å². The average molecular weight is 343 g/mol. The third-order valence-corrected chi connectivity index (χ3v) is 4.98. The van der Waals surface area contributed by atoms with Crippen molar-refractivity contribution in [2.45, 2.75) is 11.8 Å². The van der Waals surface area contributed by atoms with E-state index in [1.807, 2.05) is 13.0 Å². The molecule has 24 heavy (non-hydrogen) atoms. The van der Waals surface area contributed by atoms with E-state index in [0.717, 1.165) is 9.54 Å². The number of aryl methyl sites for hydroxylation is 1. The summed E-state index contributed by atoms with van der Waals surface area (Å²) in [6.07, 6.45) is 2.66. The molecular weight excluding hydrogens is 326 g/mol. The minimum absolute atomic E-state index is 0.0773. The van der Waals surface area contributed by atoms with Crippen molar-refractivity contribution in [2.75, 3.05) is 14.1 Å². The SMILES string of the molecule is Cc1ccc(S(=O)(=O)n2cccc2C(=O)/C(C#N)=C/N(C)C)cc1. The number of benzene rings is 1. The lowest BCUT2D eigenvalue weighted by molar-refractivity contribution is 0.103. The number of allylic oxidation sites excluding steroid dienone is 1. The fourth-order valence-electron chi connectivity index (χ4n) is 2.11. The highest BCUT2D eigenvalue weighted by atomic mass is 32.2. The maximum atomic E-state index is 12.8. The summed E-state index contributed by atoms with van der Waals surface area (Å²) < 4.78 is 26.4. The molecule has 0 N–H and O–H groups in total. The third-order valence-electron chi connectivity index (χ3n) is 3.28. The fourth-order valence-corrected chi connectivity index (χ4v) is 3.45. The molecule has 2 aromatic rings. The molecule has 0 saturated heterocycles. The van der Waals surface area contributed by atoms with Crippen LogP contribution < -0.4 is 0 Å². The van der Waals surface area contributed by atoms with Crippen LogP contribution in [-0.2, 0) is 10.0 Å². The second-order valence-electron chi connectivity index (χ2n) is 5.45. The number of Topliss-reactive ketones (excluding diaryl/α,β-unsaturated/α-hetero) is 1. The van der Waals surface area contributed by atoms with Crippen LogP contribution in [0.4, 0.5) is 0 Å². The van der Waals surface area contributed by atoms with Crippen LogP contribution in [0.1, 0.15) is 16.1 Å². The molecule has 0 spiro atoms. The number of rotatable bonds is 5. The van der Waals surface area contributed by atoms with Crippen LogP contribution in [-0.4, -0.2) is 37.2 Å². The summed E-state index contributed by atoms with van der Waals surface area (Å²) in [7, 11) is -0.566. The van der Waals surface area contributed by atoms with Gasteiger partial charge in [-0.25, -0.2) is 12.4 Å². The summed E-state index contributed by atoms with van der Waals surface area (Å²) in [6.45, 7) is 1.85. The summed E-state index contributed by atoms with van der Waals surface area (Å²) in [5.74, 6) is -0.646. The van der Waals surface area contributed by atoms with E-state index in [1.54, 1.807) is 31.1 Å². The van der Waals surface area contributed by atoms with E-state index in [2.05, 4.69) is 0 Å². The fraction of sp³-hybridized carbons (Fsp3) is 0.176. The van der Waals surface area contributed by atoms with E-state index in [0.29, 0.717) is 0 Å². The quantitative estimate of drug-likeness (QED) is 0.472. The topological polar surface area (TPSA) is 83.2 Å². The lowest BCUT2D eigenvalue weighted by Gasteiger charge is -2.11. The predicted molar refractivity (Wildman–Crippen MR) is 89.9 cm³/mol. The molecule has 0 fully saturated rings. The van der Waals surface area contributed by atoms with E-state index in [9.17, 15) is 13.2 Å². The van der Waals surface area contributed by atoms with Crippen LogP contribution in [0, 0.1) is 18.3 Å². The van der Waals surface area contributed by atoms with Crippen LogP contribution in [0.5, 0.6) is 0 Å². The molecular formula is C17H17N3O3S. The monoisotopic (exact) mass is 343 g/mol. The highest BCUT2D eigenvalue weighted by Crippen LogP contribution is 2.19. The molecule has 2 rings (SSSR count). The van der Waals surface area contributed by atoms with Crippen molar-refractivity contribution in [3.8, 4) is 6.07 Å².